The maximum atomic E-state index is 14.4. The molecule has 5 bridgehead atoms. The van der Waals surface area contributed by atoms with Gasteiger partial charge >= 0.3 is 11.8 Å². The number of para-hydroxylation sites is 1. The van der Waals surface area contributed by atoms with Crippen molar-refractivity contribution in [2.24, 2.45) is 28.8 Å². The highest BCUT2D eigenvalue weighted by Crippen LogP contribution is 2.55. The fourth-order valence-corrected chi connectivity index (χ4v) is 7.99. The molecule has 9 atom stereocenters. The van der Waals surface area contributed by atoms with Crippen LogP contribution in [0.15, 0.2) is 71.6 Å². The number of phenols is 3. The molecular formula is C48H60N2O14. The van der Waals surface area contributed by atoms with E-state index >= 15 is 0 Å². The van der Waals surface area contributed by atoms with Crippen LogP contribution >= 0.6 is 0 Å². The number of unbranched alkanes of at least 4 members (excludes halogenated alkanes) is 1. The first-order valence-electron chi connectivity index (χ1n) is 21.3. The molecule has 6 rings (SSSR count). The van der Waals surface area contributed by atoms with Crippen LogP contribution in [0, 0.1) is 30.6 Å². The van der Waals surface area contributed by atoms with Crippen LogP contribution in [0.1, 0.15) is 82.8 Å². The molecule has 16 heteroatoms. The highest BCUT2D eigenvalue weighted by Gasteiger charge is 2.50. The molecule has 0 saturated heterocycles. The van der Waals surface area contributed by atoms with Gasteiger partial charge in [-0.2, -0.15) is 0 Å². The summed E-state index contributed by atoms with van der Waals surface area (Å²) in [6, 6.07) is 9.33. The first-order valence-corrected chi connectivity index (χ1v) is 21.3. The van der Waals surface area contributed by atoms with E-state index in [2.05, 4.69) is 10.5 Å². The average Bonchev–Trinajstić information content (AvgIpc) is 3.53. The Hall–Kier alpha value is -6.10. The van der Waals surface area contributed by atoms with Crippen LogP contribution in [0.25, 0.3) is 10.8 Å². The van der Waals surface area contributed by atoms with Crippen LogP contribution in [0.4, 0.5) is 5.69 Å². The standard InChI is InChI=1S/C48H60N2O14/c1-25-16-15-17-26(2)47(58)50-38-33(24-49-62-22-14-13-21-60-32-18-11-10-12-19-32)42(55)35-36(43(38)56)41(54)30(6)45-37(35)46(57)48(8,64-45)61-23-20-34(59-9)27(3)44(63-31(7)51)29(5)40(53)28(4)39(25)52/h10-12,15-20,23-25,27-29,34,39-40,44,52-56H,13-14,21-22H2,1-9H3,(H,50,58)/b16-15+,23-20+,26-17+,49-24+. The summed E-state index contributed by atoms with van der Waals surface area (Å²) in [6.45, 7) is 13.0. The zero-order chi connectivity index (χ0) is 47.0. The second kappa shape index (κ2) is 21.1. The Kier molecular flexibility index (Phi) is 16.1. The number of nitrogens with one attached hydrogen (secondary N) is 1. The van der Waals surface area contributed by atoms with E-state index in [0.717, 1.165) is 12.0 Å². The molecule has 0 radical (unpaired) electrons. The number of benzene rings is 3. The lowest BCUT2D eigenvalue weighted by molar-refractivity contribution is -0.160. The number of amides is 1. The summed E-state index contributed by atoms with van der Waals surface area (Å²) < 4.78 is 29.3. The van der Waals surface area contributed by atoms with E-state index in [1.807, 2.05) is 30.3 Å². The normalized spacial score (nSPS) is 28.5. The lowest BCUT2D eigenvalue weighted by Gasteiger charge is -2.38. The molecule has 64 heavy (non-hydrogen) atoms. The van der Waals surface area contributed by atoms with Gasteiger partial charge in [-0.25, -0.2) is 0 Å². The van der Waals surface area contributed by atoms with Crippen molar-refractivity contribution in [3.8, 4) is 28.7 Å². The summed E-state index contributed by atoms with van der Waals surface area (Å²) in [7, 11) is 1.43. The van der Waals surface area contributed by atoms with E-state index in [0.29, 0.717) is 19.4 Å². The van der Waals surface area contributed by atoms with Gasteiger partial charge in [0.25, 0.3) is 11.7 Å². The zero-order valence-corrected chi connectivity index (χ0v) is 37.7. The number of carbonyl (C=O) groups is 3. The number of hydrogen-bond acceptors (Lipinski definition) is 15. The Morgan fingerprint density at radius 3 is 2.27 bits per heavy atom. The second-order valence-corrected chi connectivity index (χ2v) is 16.6. The molecule has 3 aromatic carbocycles. The molecule has 9 unspecified atom stereocenters. The number of carbonyl (C=O) groups excluding carboxylic acids is 3. The van der Waals surface area contributed by atoms with Crippen LogP contribution in [0.5, 0.6) is 28.7 Å². The number of esters is 1. The first-order chi connectivity index (χ1) is 30.3. The van der Waals surface area contributed by atoms with Crippen molar-refractivity contribution in [3.63, 3.8) is 0 Å². The first kappa shape index (κ1) is 48.9. The van der Waals surface area contributed by atoms with Crippen molar-refractivity contribution in [2.45, 2.75) is 98.4 Å². The number of aromatic hydroxyl groups is 3. The van der Waals surface area contributed by atoms with E-state index in [1.165, 1.54) is 53.2 Å². The zero-order valence-electron chi connectivity index (χ0n) is 37.7. The van der Waals surface area contributed by atoms with Gasteiger partial charge in [0.2, 0.25) is 0 Å². The maximum absolute atomic E-state index is 14.4. The summed E-state index contributed by atoms with van der Waals surface area (Å²) in [5, 5.41) is 64.4. The summed E-state index contributed by atoms with van der Waals surface area (Å²) in [5.74, 6) is -8.02. The number of anilines is 1. The number of ketones is 1. The molecule has 0 spiro atoms. The van der Waals surface area contributed by atoms with Crippen LogP contribution < -0.4 is 14.8 Å². The van der Waals surface area contributed by atoms with E-state index in [-0.39, 0.29) is 51.1 Å². The van der Waals surface area contributed by atoms with Gasteiger partial charge in [-0.15, -0.1) is 0 Å². The third-order valence-electron chi connectivity index (χ3n) is 11.9. The Labute approximate surface area is 372 Å². The molecule has 0 saturated carbocycles. The molecule has 16 nitrogen and oxygen atoms in total. The minimum atomic E-state index is -2.08. The fourth-order valence-electron chi connectivity index (χ4n) is 7.99. The van der Waals surface area contributed by atoms with Crippen LogP contribution in [-0.4, -0.2) is 99.9 Å². The Morgan fingerprint density at radius 2 is 1.59 bits per heavy atom. The highest BCUT2D eigenvalue weighted by atomic mass is 16.7. The molecule has 0 aliphatic carbocycles. The molecule has 3 aliphatic rings. The topological polar surface area (TPSA) is 232 Å². The lowest BCUT2D eigenvalue weighted by Crippen LogP contribution is -2.46. The number of oxime groups is 1. The van der Waals surface area contributed by atoms with Crippen molar-refractivity contribution in [1.29, 1.82) is 0 Å². The molecule has 346 valence electrons. The van der Waals surface area contributed by atoms with Crippen molar-refractivity contribution in [2.75, 3.05) is 25.6 Å². The highest BCUT2D eigenvalue weighted by molar-refractivity contribution is 6.23. The van der Waals surface area contributed by atoms with Gasteiger partial charge in [-0.1, -0.05) is 69.3 Å². The number of aliphatic hydroxyl groups is 2. The quantitative estimate of drug-likeness (QED) is 0.0302. The van der Waals surface area contributed by atoms with Gasteiger partial charge in [0.15, 0.2) is 5.75 Å². The number of allylic oxidation sites excluding steroid dienone is 2. The Morgan fingerprint density at radius 1 is 0.906 bits per heavy atom. The predicted octanol–water partition coefficient (Wildman–Crippen LogP) is 6.96. The molecule has 3 aromatic rings. The van der Waals surface area contributed by atoms with Gasteiger partial charge in [-0.3, -0.25) is 14.4 Å². The number of rotatable bonds is 10. The van der Waals surface area contributed by atoms with Crippen LogP contribution in [0.3, 0.4) is 0 Å². The van der Waals surface area contributed by atoms with Crippen molar-refractivity contribution in [1.82, 2.24) is 0 Å². The van der Waals surface area contributed by atoms with Crippen LogP contribution in [-0.2, 0) is 28.6 Å². The monoisotopic (exact) mass is 888 g/mol. The largest absolute Gasteiger partial charge is 0.507 e. The van der Waals surface area contributed by atoms with Gasteiger partial charge < -0.3 is 59.4 Å². The van der Waals surface area contributed by atoms with E-state index < -0.39 is 88.8 Å². The Balaban J connectivity index is 1.59. The number of hydrogen-bond donors (Lipinski definition) is 6. The fraction of sp³-hybridized carbons (Fsp3) is 0.458. The number of Topliss-reactive ketones (excluding diaryl/α,β-unsaturated/α-hetero) is 1. The number of ether oxygens (including phenoxy) is 5. The van der Waals surface area contributed by atoms with E-state index in [4.69, 9.17) is 28.5 Å². The molecule has 3 heterocycles. The summed E-state index contributed by atoms with van der Waals surface area (Å²) >= 11 is 0. The lowest BCUT2D eigenvalue weighted by atomic mass is 9.78. The minimum Gasteiger partial charge on any atom is -0.507 e. The van der Waals surface area contributed by atoms with Gasteiger partial charge in [0.05, 0.1) is 59.6 Å². The molecule has 0 fully saturated rings. The van der Waals surface area contributed by atoms with Gasteiger partial charge in [0, 0.05) is 61.2 Å². The third kappa shape index (κ3) is 10.5. The van der Waals surface area contributed by atoms with Gasteiger partial charge in [0.1, 0.15) is 35.7 Å². The Bertz CT molecular complexity index is 2310. The maximum Gasteiger partial charge on any atom is 0.312 e. The van der Waals surface area contributed by atoms with E-state index in [9.17, 15) is 39.9 Å². The summed E-state index contributed by atoms with van der Waals surface area (Å²) in [6.07, 6.45) is 5.66. The second-order valence-electron chi connectivity index (χ2n) is 16.6. The van der Waals surface area contributed by atoms with E-state index in [1.54, 1.807) is 39.8 Å². The molecular weight excluding hydrogens is 829 g/mol. The number of phenolic OH excluding ortho intramolecular Hbond substituents is 3. The number of nitrogens with zero attached hydrogens (tertiary/aromatic N) is 1. The van der Waals surface area contributed by atoms with Crippen LogP contribution in [0.2, 0.25) is 0 Å². The van der Waals surface area contributed by atoms with Crippen molar-refractivity contribution in [3.05, 3.63) is 83.2 Å². The number of fused-ring (bicyclic) bond motifs is 14. The van der Waals surface area contributed by atoms with Gasteiger partial charge in [-0.05, 0) is 44.9 Å². The summed E-state index contributed by atoms with van der Waals surface area (Å²) in [5.41, 5.74) is -0.669. The molecule has 6 N–H and O–H groups in total. The SMILES string of the molecule is COC1/C=C/OC2(C)Oc3c(C)c(O)c4c(O)c(c(/C=N/OCCCCOc5ccccc5)c(O)c4c3C2=O)NC(=O)/C(C)=C/C=C/C(C)C(O)C(C)C(O)C(C)C(OC(C)=O)C1C. The summed E-state index contributed by atoms with van der Waals surface area (Å²) in [4.78, 5) is 46.0. The molecule has 0 aromatic heterocycles. The minimum absolute atomic E-state index is 0.0255. The average molecular weight is 889 g/mol. The third-order valence-corrected chi connectivity index (χ3v) is 11.9. The number of aliphatic hydroxyl groups excluding tert-OH is 2. The van der Waals surface area contributed by atoms with Crippen molar-refractivity contribution < 1.29 is 68.4 Å². The molecule has 1 amide bonds. The van der Waals surface area contributed by atoms with Crippen molar-refractivity contribution >= 4 is 40.3 Å². The number of methoxy groups -OCH3 is 1. The predicted molar refractivity (Wildman–Crippen MR) is 239 cm³/mol. The smallest absolute Gasteiger partial charge is 0.312 e. The molecule has 3 aliphatic heterocycles.